The van der Waals surface area contributed by atoms with Gasteiger partial charge in [0.2, 0.25) is 0 Å². The average Bonchev–Trinajstić information content (AvgIpc) is 2.66. The predicted octanol–water partition coefficient (Wildman–Crippen LogP) is 4.27. The Labute approximate surface area is 174 Å². The van der Waals surface area contributed by atoms with Crippen LogP contribution in [0.25, 0.3) is 10.8 Å². The highest BCUT2D eigenvalue weighted by Gasteiger charge is 2.76. The zero-order valence-corrected chi connectivity index (χ0v) is 17.6. The number of fused-ring (bicyclic) bond motifs is 1. The highest BCUT2D eigenvalue weighted by Crippen LogP contribution is 2.69. The molecule has 7 rings (SSSR count). The first-order valence-corrected chi connectivity index (χ1v) is 12.1. The van der Waals surface area contributed by atoms with Crippen molar-refractivity contribution in [2.24, 2.45) is 23.7 Å². The van der Waals surface area contributed by atoms with Crippen molar-refractivity contribution >= 4 is 18.6 Å². The van der Waals surface area contributed by atoms with E-state index in [1.54, 1.807) is 19.2 Å². The van der Waals surface area contributed by atoms with Gasteiger partial charge in [0.1, 0.15) is 5.75 Å². The summed E-state index contributed by atoms with van der Waals surface area (Å²) in [4.78, 5) is 30.6. The minimum Gasteiger partial charge on any atom is -0.404 e. The molecule has 1 saturated heterocycles. The molecule has 0 radical (unpaired) electrons. The fourth-order valence-corrected chi connectivity index (χ4v) is 7.46. The molecule has 1 spiro atoms. The lowest BCUT2D eigenvalue weighted by Gasteiger charge is -2.68. The summed E-state index contributed by atoms with van der Waals surface area (Å²) in [5.41, 5.74) is 0.115. The monoisotopic (exact) mass is 432 g/mol. The molecule has 4 bridgehead atoms. The van der Waals surface area contributed by atoms with Crippen LogP contribution in [-0.4, -0.2) is 22.5 Å². The van der Waals surface area contributed by atoms with Crippen molar-refractivity contribution in [3.8, 4) is 5.75 Å². The SMILES string of the molecule is COC1(c2cc(OP(=O)(O)O)cc3ccccc23)OOC12C1CC3CC(C1)CC2C3. The highest BCUT2D eigenvalue weighted by molar-refractivity contribution is 7.46. The number of rotatable bonds is 4. The third kappa shape index (κ3) is 2.48. The Hall–Kier alpha value is -1.47. The van der Waals surface area contributed by atoms with E-state index in [-0.39, 0.29) is 5.75 Å². The topological polar surface area (TPSA) is 94.5 Å². The standard InChI is InChI=1S/C22H25O7P/c1-26-22(21(28-29-22)16-7-13-6-14(9-16)10-17(21)8-13)20-12-18(27-30(23,24)25)11-15-4-2-3-5-19(15)20/h2-5,11-14,16-17H,6-10H2,1H3,(H2,23,24,25). The van der Waals surface area contributed by atoms with Gasteiger partial charge in [-0.2, -0.15) is 4.89 Å². The number of hydrogen-bond donors (Lipinski definition) is 2. The van der Waals surface area contributed by atoms with Crippen LogP contribution in [0.15, 0.2) is 36.4 Å². The molecule has 2 aromatic carbocycles. The summed E-state index contributed by atoms with van der Waals surface area (Å²) in [6, 6.07) is 10.9. The van der Waals surface area contributed by atoms with Crippen LogP contribution in [0.2, 0.25) is 0 Å². The molecule has 30 heavy (non-hydrogen) atoms. The van der Waals surface area contributed by atoms with Crippen molar-refractivity contribution in [2.75, 3.05) is 7.11 Å². The quantitative estimate of drug-likeness (QED) is 0.550. The van der Waals surface area contributed by atoms with E-state index in [0.29, 0.717) is 17.4 Å². The first-order valence-electron chi connectivity index (χ1n) is 10.5. The molecule has 4 saturated carbocycles. The van der Waals surface area contributed by atoms with Gasteiger partial charge < -0.3 is 9.26 Å². The van der Waals surface area contributed by atoms with Crippen molar-refractivity contribution in [3.63, 3.8) is 0 Å². The second-order valence-corrected chi connectivity index (χ2v) is 10.5. The Bertz CT molecular complexity index is 1030. The van der Waals surface area contributed by atoms with Crippen LogP contribution in [-0.2, 0) is 24.9 Å². The van der Waals surface area contributed by atoms with E-state index in [4.69, 9.17) is 19.0 Å². The number of phosphoric acid groups is 1. The highest BCUT2D eigenvalue weighted by atomic mass is 31.2. The summed E-state index contributed by atoms with van der Waals surface area (Å²) < 4.78 is 22.6. The average molecular weight is 432 g/mol. The predicted molar refractivity (Wildman–Crippen MR) is 107 cm³/mol. The number of methoxy groups -OCH3 is 1. The summed E-state index contributed by atoms with van der Waals surface area (Å²) in [7, 11) is -3.09. The molecule has 160 valence electrons. The van der Waals surface area contributed by atoms with E-state index < -0.39 is 19.2 Å². The third-order valence-electron chi connectivity index (χ3n) is 7.86. The fourth-order valence-electron chi connectivity index (χ4n) is 7.08. The van der Waals surface area contributed by atoms with Gasteiger partial charge in [-0.25, -0.2) is 9.45 Å². The molecule has 2 aromatic rings. The van der Waals surface area contributed by atoms with E-state index in [9.17, 15) is 14.4 Å². The lowest BCUT2D eigenvalue weighted by molar-refractivity contribution is -0.645. The van der Waals surface area contributed by atoms with Crippen LogP contribution >= 0.6 is 7.82 Å². The Balaban J connectivity index is 1.54. The smallest absolute Gasteiger partial charge is 0.404 e. The van der Waals surface area contributed by atoms with Crippen LogP contribution in [0.3, 0.4) is 0 Å². The number of hydrogen-bond acceptors (Lipinski definition) is 5. The van der Waals surface area contributed by atoms with Crippen molar-refractivity contribution in [2.45, 2.75) is 43.5 Å². The maximum atomic E-state index is 11.5. The molecule has 1 heterocycles. The largest absolute Gasteiger partial charge is 0.524 e. The second-order valence-electron chi connectivity index (χ2n) is 9.36. The van der Waals surface area contributed by atoms with Crippen LogP contribution in [0.1, 0.15) is 37.7 Å². The van der Waals surface area contributed by atoms with E-state index in [0.717, 1.165) is 48.3 Å². The summed E-state index contributed by atoms with van der Waals surface area (Å²) in [5, 5.41) is 1.69. The maximum Gasteiger partial charge on any atom is 0.524 e. The van der Waals surface area contributed by atoms with Gasteiger partial charge in [-0.05, 0) is 78.7 Å². The summed E-state index contributed by atoms with van der Waals surface area (Å²) in [6.45, 7) is 0. The van der Waals surface area contributed by atoms with Crippen LogP contribution in [0.4, 0.5) is 0 Å². The van der Waals surface area contributed by atoms with Gasteiger partial charge in [0.15, 0.2) is 5.60 Å². The van der Waals surface area contributed by atoms with Gasteiger partial charge in [-0.1, -0.05) is 24.3 Å². The lowest BCUT2D eigenvalue weighted by atomic mass is 9.47. The van der Waals surface area contributed by atoms with Crippen molar-refractivity contribution in [1.29, 1.82) is 0 Å². The first kappa shape index (κ1) is 19.2. The Morgan fingerprint density at radius 2 is 1.67 bits per heavy atom. The molecule has 5 aliphatic rings. The molecule has 2 N–H and O–H groups in total. The molecular weight excluding hydrogens is 407 g/mol. The van der Waals surface area contributed by atoms with Crippen LogP contribution in [0, 0.1) is 23.7 Å². The van der Waals surface area contributed by atoms with Gasteiger partial charge in [0.05, 0.1) is 0 Å². The second kappa shape index (κ2) is 6.28. The lowest BCUT2D eigenvalue weighted by Crippen LogP contribution is -2.76. The van der Waals surface area contributed by atoms with Crippen molar-refractivity contribution in [3.05, 3.63) is 42.0 Å². The normalized spacial score (nSPS) is 39.4. The number of ether oxygens (including phenoxy) is 1. The number of phosphoric ester groups is 1. The summed E-state index contributed by atoms with van der Waals surface area (Å²) in [6.07, 6.45) is 5.75. The molecule has 1 unspecified atom stereocenters. The van der Waals surface area contributed by atoms with Crippen molar-refractivity contribution in [1.82, 2.24) is 0 Å². The Kier molecular flexibility index (Phi) is 4.03. The van der Waals surface area contributed by atoms with Crippen molar-refractivity contribution < 1.29 is 33.4 Å². The fraction of sp³-hybridized carbons (Fsp3) is 0.545. The first-order chi connectivity index (χ1) is 14.3. The van der Waals surface area contributed by atoms with E-state index in [2.05, 4.69) is 0 Å². The van der Waals surface area contributed by atoms with Gasteiger partial charge in [0, 0.05) is 12.7 Å². The minimum absolute atomic E-state index is 0.0860. The molecule has 8 heteroatoms. The molecular formula is C22H25O7P. The molecule has 4 aliphatic carbocycles. The van der Waals surface area contributed by atoms with Crippen LogP contribution < -0.4 is 4.52 Å². The molecule has 5 fully saturated rings. The summed E-state index contributed by atoms with van der Waals surface area (Å²) >= 11 is 0. The van der Waals surface area contributed by atoms with Gasteiger partial charge in [-0.15, -0.1) is 0 Å². The van der Waals surface area contributed by atoms with E-state index in [1.165, 1.54) is 6.42 Å². The maximum absolute atomic E-state index is 11.5. The zero-order valence-electron chi connectivity index (χ0n) is 16.7. The third-order valence-corrected chi connectivity index (χ3v) is 8.31. The Morgan fingerprint density at radius 3 is 2.23 bits per heavy atom. The van der Waals surface area contributed by atoms with Gasteiger partial charge >= 0.3 is 7.82 Å². The van der Waals surface area contributed by atoms with Gasteiger partial charge in [-0.3, -0.25) is 9.79 Å². The zero-order chi connectivity index (χ0) is 20.7. The minimum atomic E-state index is -4.71. The Morgan fingerprint density at radius 1 is 1.00 bits per heavy atom. The number of benzene rings is 2. The molecule has 1 aliphatic heterocycles. The molecule has 0 amide bonds. The van der Waals surface area contributed by atoms with Gasteiger partial charge in [0.25, 0.3) is 5.79 Å². The molecule has 0 aromatic heterocycles. The molecule has 1 atom stereocenters. The van der Waals surface area contributed by atoms with Crippen LogP contribution in [0.5, 0.6) is 5.75 Å². The van der Waals surface area contributed by atoms with E-state index in [1.807, 2.05) is 24.3 Å². The summed E-state index contributed by atoms with van der Waals surface area (Å²) in [5.74, 6) is 1.13. The van der Waals surface area contributed by atoms with E-state index >= 15 is 0 Å². The molecule has 7 nitrogen and oxygen atoms in total.